The molecule has 8 nitrogen and oxygen atoms in total. The number of aromatic nitrogens is 2. The fourth-order valence-corrected chi connectivity index (χ4v) is 4.80. The maximum Gasteiger partial charge on any atom is 0.267 e. The zero-order valence-corrected chi connectivity index (χ0v) is 16.0. The number of hydrogen-bond acceptors (Lipinski definition) is 6. The van der Waals surface area contributed by atoms with Gasteiger partial charge in [0.05, 0.1) is 24.3 Å². The third kappa shape index (κ3) is 4.36. The number of methoxy groups -OCH3 is 1. The molecule has 1 atom stereocenters. The van der Waals surface area contributed by atoms with E-state index in [9.17, 15) is 18.0 Å². The molecule has 1 aromatic heterocycles. The van der Waals surface area contributed by atoms with Crippen molar-refractivity contribution in [1.82, 2.24) is 14.7 Å². The van der Waals surface area contributed by atoms with Crippen LogP contribution in [0.15, 0.2) is 41.2 Å². The number of rotatable bonds is 5. The lowest BCUT2D eigenvalue weighted by Gasteiger charge is -2.23. The Hall–Kier alpha value is -2.68. The summed E-state index contributed by atoms with van der Waals surface area (Å²) in [6, 6.07) is 9.81. The van der Waals surface area contributed by atoms with E-state index in [0.29, 0.717) is 17.9 Å². The van der Waals surface area contributed by atoms with E-state index >= 15 is 0 Å². The van der Waals surface area contributed by atoms with E-state index in [1.807, 2.05) is 12.1 Å². The van der Waals surface area contributed by atoms with Crippen molar-refractivity contribution < 1.29 is 17.9 Å². The number of ether oxygens (including phenoxy) is 1. The molecule has 0 radical (unpaired) electrons. The Kier molecular flexibility index (Phi) is 5.31. The SMILES string of the molecule is COc1cccc(-c2ccc(=O)n(CC(=O)N(C)[C@H]3CCS(=O)(=O)C3)n2)c1. The van der Waals surface area contributed by atoms with Crippen LogP contribution in [0.3, 0.4) is 0 Å². The van der Waals surface area contributed by atoms with Crippen LogP contribution >= 0.6 is 0 Å². The van der Waals surface area contributed by atoms with Crippen LogP contribution in [0.2, 0.25) is 0 Å². The summed E-state index contributed by atoms with van der Waals surface area (Å²) >= 11 is 0. The number of sulfone groups is 1. The lowest BCUT2D eigenvalue weighted by molar-refractivity contribution is -0.132. The van der Waals surface area contributed by atoms with Crippen molar-refractivity contribution in [3.8, 4) is 17.0 Å². The second-order valence-electron chi connectivity index (χ2n) is 6.51. The van der Waals surface area contributed by atoms with Gasteiger partial charge in [-0.05, 0) is 24.6 Å². The van der Waals surface area contributed by atoms with E-state index in [-0.39, 0.29) is 30.0 Å². The van der Waals surface area contributed by atoms with E-state index in [1.54, 1.807) is 32.4 Å². The van der Waals surface area contributed by atoms with Crippen LogP contribution in [-0.4, -0.2) is 60.7 Å². The lowest BCUT2D eigenvalue weighted by Crippen LogP contribution is -2.41. The largest absolute Gasteiger partial charge is 0.497 e. The topological polar surface area (TPSA) is 98.6 Å². The highest BCUT2D eigenvalue weighted by Gasteiger charge is 2.32. The van der Waals surface area contributed by atoms with Gasteiger partial charge >= 0.3 is 0 Å². The summed E-state index contributed by atoms with van der Waals surface area (Å²) in [5.74, 6) is 0.347. The fraction of sp³-hybridized carbons (Fsp3) is 0.389. The minimum absolute atomic E-state index is 0.0403. The van der Waals surface area contributed by atoms with Gasteiger partial charge in [-0.25, -0.2) is 13.1 Å². The molecule has 0 spiro atoms. The van der Waals surface area contributed by atoms with E-state index in [0.717, 1.165) is 10.2 Å². The average molecular weight is 391 g/mol. The van der Waals surface area contributed by atoms with Crippen molar-refractivity contribution in [3.05, 3.63) is 46.8 Å². The highest BCUT2D eigenvalue weighted by Crippen LogP contribution is 2.21. The van der Waals surface area contributed by atoms with Gasteiger partial charge in [0.1, 0.15) is 12.3 Å². The molecule has 1 aliphatic heterocycles. The normalized spacial score (nSPS) is 18.2. The van der Waals surface area contributed by atoms with Crippen LogP contribution in [0, 0.1) is 0 Å². The summed E-state index contributed by atoms with van der Waals surface area (Å²) < 4.78 is 29.5. The zero-order chi connectivity index (χ0) is 19.6. The monoisotopic (exact) mass is 391 g/mol. The Morgan fingerprint density at radius 1 is 1.33 bits per heavy atom. The predicted octanol–water partition coefficient (Wildman–Crippen LogP) is 0.564. The molecular formula is C18H21N3O5S. The first-order valence-electron chi connectivity index (χ1n) is 8.48. The van der Waals surface area contributed by atoms with Gasteiger partial charge in [-0.2, -0.15) is 5.10 Å². The number of carbonyl (C=O) groups is 1. The fourth-order valence-electron chi connectivity index (χ4n) is 3.02. The molecule has 0 N–H and O–H groups in total. The first kappa shape index (κ1) is 19.1. The van der Waals surface area contributed by atoms with Gasteiger partial charge in [0.2, 0.25) is 5.91 Å². The third-order valence-corrected chi connectivity index (χ3v) is 6.42. The number of nitrogens with zero attached hydrogens (tertiary/aromatic N) is 3. The van der Waals surface area contributed by atoms with Gasteiger partial charge < -0.3 is 9.64 Å². The highest BCUT2D eigenvalue weighted by atomic mass is 32.2. The molecule has 1 saturated heterocycles. The van der Waals surface area contributed by atoms with E-state index in [1.165, 1.54) is 11.0 Å². The van der Waals surface area contributed by atoms with Gasteiger partial charge in [-0.1, -0.05) is 12.1 Å². The van der Waals surface area contributed by atoms with Gasteiger partial charge in [0.15, 0.2) is 9.84 Å². The second kappa shape index (κ2) is 7.51. The minimum atomic E-state index is -3.09. The van der Waals surface area contributed by atoms with E-state index < -0.39 is 15.4 Å². The van der Waals surface area contributed by atoms with Crippen molar-refractivity contribution in [3.63, 3.8) is 0 Å². The summed E-state index contributed by atoms with van der Waals surface area (Å²) in [6.45, 7) is -0.246. The maximum atomic E-state index is 12.5. The summed E-state index contributed by atoms with van der Waals surface area (Å²) in [6.07, 6.45) is 0.413. The molecule has 2 heterocycles. The van der Waals surface area contributed by atoms with Gasteiger partial charge in [0, 0.05) is 24.7 Å². The van der Waals surface area contributed by atoms with Gasteiger partial charge in [0.25, 0.3) is 5.56 Å². The molecule has 1 fully saturated rings. The minimum Gasteiger partial charge on any atom is -0.497 e. The quantitative estimate of drug-likeness (QED) is 0.739. The summed E-state index contributed by atoms with van der Waals surface area (Å²) in [7, 11) is 0.0267. The molecule has 0 saturated carbocycles. The van der Waals surface area contributed by atoms with Crippen LogP contribution in [0.1, 0.15) is 6.42 Å². The van der Waals surface area contributed by atoms with E-state index in [2.05, 4.69) is 5.10 Å². The van der Waals surface area contributed by atoms with Gasteiger partial charge in [-0.15, -0.1) is 0 Å². The van der Waals surface area contributed by atoms with Crippen LogP contribution in [-0.2, 0) is 21.2 Å². The number of hydrogen-bond donors (Lipinski definition) is 0. The first-order chi connectivity index (χ1) is 12.8. The molecular weight excluding hydrogens is 370 g/mol. The molecule has 9 heteroatoms. The molecule has 0 unspecified atom stereocenters. The molecule has 1 amide bonds. The Bertz CT molecular complexity index is 1020. The number of carbonyl (C=O) groups excluding carboxylic acids is 1. The second-order valence-corrected chi connectivity index (χ2v) is 8.74. The molecule has 27 heavy (non-hydrogen) atoms. The third-order valence-electron chi connectivity index (χ3n) is 4.67. The Balaban J connectivity index is 1.80. The van der Waals surface area contributed by atoms with E-state index in [4.69, 9.17) is 4.74 Å². The molecule has 0 bridgehead atoms. The van der Waals surface area contributed by atoms with Crippen molar-refractivity contribution in [2.45, 2.75) is 19.0 Å². The zero-order valence-electron chi connectivity index (χ0n) is 15.2. The molecule has 0 aliphatic carbocycles. The van der Waals surface area contributed by atoms with Crippen molar-refractivity contribution in [1.29, 1.82) is 0 Å². The number of amides is 1. The number of likely N-dealkylation sites (N-methyl/N-ethyl adjacent to an activating group) is 1. The summed E-state index contributed by atoms with van der Waals surface area (Å²) in [5, 5.41) is 4.28. The maximum absolute atomic E-state index is 12.5. The Morgan fingerprint density at radius 2 is 2.11 bits per heavy atom. The summed E-state index contributed by atoms with van der Waals surface area (Å²) in [4.78, 5) is 26.0. The Morgan fingerprint density at radius 3 is 2.78 bits per heavy atom. The molecule has 1 aromatic carbocycles. The smallest absolute Gasteiger partial charge is 0.267 e. The van der Waals surface area contributed by atoms with Crippen molar-refractivity contribution in [2.24, 2.45) is 0 Å². The highest BCUT2D eigenvalue weighted by molar-refractivity contribution is 7.91. The predicted molar refractivity (Wildman–Crippen MR) is 100 cm³/mol. The van der Waals surface area contributed by atoms with Crippen LogP contribution in [0.4, 0.5) is 0 Å². The molecule has 3 rings (SSSR count). The average Bonchev–Trinajstić information content (AvgIpc) is 3.02. The molecule has 2 aromatic rings. The van der Waals surface area contributed by atoms with Crippen LogP contribution in [0.5, 0.6) is 5.75 Å². The van der Waals surface area contributed by atoms with Crippen molar-refractivity contribution in [2.75, 3.05) is 25.7 Å². The standard InChI is InChI=1S/C18H21N3O5S/c1-20(14-8-9-27(24,25)12-14)18(23)11-21-17(22)7-6-16(19-21)13-4-3-5-15(10-13)26-2/h3-7,10,14H,8-9,11-12H2,1-2H3/t14-/m0/s1. The molecule has 1 aliphatic rings. The van der Waals surface area contributed by atoms with Crippen LogP contribution in [0.25, 0.3) is 11.3 Å². The van der Waals surface area contributed by atoms with Gasteiger partial charge in [-0.3, -0.25) is 9.59 Å². The lowest BCUT2D eigenvalue weighted by atomic mass is 10.1. The number of benzene rings is 1. The Labute approximate surface area is 157 Å². The summed E-state index contributed by atoms with van der Waals surface area (Å²) in [5.41, 5.74) is 0.889. The van der Waals surface area contributed by atoms with Crippen molar-refractivity contribution >= 4 is 15.7 Å². The molecule has 144 valence electrons. The first-order valence-corrected chi connectivity index (χ1v) is 10.3. The van der Waals surface area contributed by atoms with Crippen LogP contribution < -0.4 is 10.3 Å².